The Balaban J connectivity index is 1.16. The highest BCUT2D eigenvalue weighted by Crippen LogP contribution is 2.29. The second-order valence-corrected chi connectivity index (χ2v) is 10.8. The van der Waals surface area contributed by atoms with E-state index < -0.39 is 10.1 Å². The molecule has 0 bridgehead atoms. The Hall–Kier alpha value is -4.08. The van der Waals surface area contributed by atoms with Gasteiger partial charge in [-0.1, -0.05) is 24.3 Å². The summed E-state index contributed by atoms with van der Waals surface area (Å²) in [5.41, 5.74) is 4.01. The molecule has 1 fully saturated rings. The van der Waals surface area contributed by atoms with Gasteiger partial charge in [0.2, 0.25) is 0 Å². The molecule has 0 radical (unpaired) electrons. The van der Waals surface area contributed by atoms with Gasteiger partial charge in [-0.05, 0) is 71.3 Å². The predicted octanol–water partition coefficient (Wildman–Crippen LogP) is 4.86. The van der Waals surface area contributed by atoms with Crippen LogP contribution < -0.4 is 18.6 Å². The summed E-state index contributed by atoms with van der Waals surface area (Å²) in [5, 5.41) is 0. The molecular weight excluding hydrogens is 514 g/mol. The van der Waals surface area contributed by atoms with Gasteiger partial charge in [0.25, 0.3) is 0 Å². The fraction of sp³-hybridized carbons (Fsp3) is 0.233. The highest BCUT2D eigenvalue weighted by atomic mass is 32.2. The van der Waals surface area contributed by atoms with E-state index in [2.05, 4.69) is 20.9 Å². The molecule has 8 nitrogen and oxygen atoms in total. The van der Waals surface area contributed by atoms with Crippen LogP contribution in [0, 0.1) is 0 Å². The van der Waals surface area contributed by atoms with Gasteiger partial charge in [0.1, 0.15) is 10.6 Å². The van der Waals surface area contributed by atoms with Crippen molar-refractivity contribution < 1.29 is 22.1 Å². The first-order chi connectivity index (χ1) is 18.9. The SMILES string of the molecule is COc1ccc(CN2CCN(c3ccc(OS(=O)(=O)c4ccc(-c5cccnc5)cc4)cc3)CC2)cc1OC. The fourth-order valence-corrected chi connectivity index (χ4v) is 5.57. The molecule has 0 amide bonds. The van der Waals surface area contributed by atoms with Crippen molar-refractivity contribution in [2.45, 2.75) is 11.4 Å². The zero-order chi connectivity index (χ0) is 27.2. The predicted molar refractivity (Wildman–Crippen MR) is 151 cm³/mol. The van der Waals surface area contributed by atoms with E-state index in [1.807, 2.05) is 36.4 Å². The van der Waals surface area contributed by atoms with Gasteiger partial charge in [-0.3, -0.25) is 9.88 Å². The maximum Gasteiger partial charge on any atom is 0.339 e. The molecule has 2 heterocycles. The average molecular weight is 546 g/mol. The molecule has 1 aliphatic heterocycles. The number of hydrogen-bond acceptors (Lipinski definition) is 8. The number of methoxy groups -OCH3 is 2. The zero-order valence-corrected chi connectivity index (χ0v) is 22.8. The molecule has 0 saturated carbocycles. The van der Waals surface area contributed by atoms with Gasteiger partial charge in [-0.2, -0.15) is 8.42 Å². The van der Waals surface area contributed by atoms with Gasteiger partial charge in [0.05, 0.1) is 14.2 Å². The summed E-state index contributed by atoms with van der Waals surface area (Å²) in [7, 11) is -0.667. The summed E-state index contributed by atoms with van der Waals surface area (Å²) in [6, 6.07) is 23.6. The number of nitrogens with zero attached hydrogens (tertiary/aromatic N) is 3. The van der Waals surface area contributed by atoms with Gasteiger partial charge in [0.15, 0.2) is 11.5 Å². The molecule has 0 atom stereocenters. The normalized spacial score (nSPS) is 14.2. The smallest absolute Gasteiger partial charge is 0.339 e. The number of anilines is 1. The third-order valence-electron chi connectivity index (χ3n) is 6.77. The van der Waals surface area contributed by atoms with Crippen LogP contribution in [0.15, 0.2) is 96.2 Å². The molecule has 0 aliphatic carbocycles. The van der Waals surface area contributed by atoms with Gasteiger partial charge in [-0.15, -0.1) is 0 Å². The third kappa shape index (κ3) is 6.32. The van der Waals surface area contributed by atoms with E-state index in [9.17, 15) is 8.42 Å². The molecule has 1 aromatic heterocycles. The first kappa shape index (κ1) is 26.5. The Morgan fingerprint density at radius 1 is 0.795 bits per heavy atom. The number of pyridine rings is 1. The van der Waals surface area contributed by atoms with Gasteiger partial charge >= 0.3 is 10.1 Å². The topological polar surface area (TPSA) is 81.2 Å². The molecule has 1 saturated heterocycles. The van der Waals surface area contributed by atoms with Crippen molar-refractivity contribution in [3.05, 3.63) is 96.8 Å². The lowest BCUT2D eigenvalue weighted by Crippen LogP contribution is -2.45. The molecule has 3 aromatic carbocycles. The van der Waals surface area contributed by atoms with E-state index in [0.717, 1.165) is 61.0 Å². The van der Waals surface area contributed by atoms with E-state index in [-0.39, 0.29) is 10.6 Å². The molecule has 9 heteroatoms. The van der Waals surface area contributed by atoms with Crippen molar-refractivity contribution in [3.63, 3.8) is 0 Å². The summed E-state index contributed by atoms with van der Waals surface area (Å²) in [6.07, 6.45) is 3.43. The number of ether oxygens (including phenoxy) is 2. The lowest BCUT2D eigenvalue weighted by molar-refractivity contribution is 0.249. The van der Waals surface area contributed by atoms with Gasteiger partial charge in [-0.25, -0.2) is 0 Å². The Kier molecular flexibility index (Phi) is 7.99. The fourth-order valence-electron chi connectivity index (χ4n) is 4.64. The molecule has 5 rings (SSSR count). The number of piperazine rings is 1. The molecule has 0 spiro atoms. The minimum absolute atomic E-state index is 0.102. The largest absolute Gasteiger partial charge is 0.493 e. The summed E-state index contributed by atoms with van der Waals surface area (Å²) in [4.78, 5) is 8.90. The van der Waals surface area contributed by atoms with Crippen LogP contribution in [0.25, 0.3) is 11.1 Å². The van der Waals surface area contributed by atoms with Crippen LogP contribution in [0.5, 0.6) is 17.2 Å². The van der Waals surface area contributed by atoms with Gasteiger partial charge in [0, 0.05) is 50.8 Å². The molecular formula is C30H31N3O5S. The highest BCUT2D eigenvalue weighted by molar-refractivity contribution is 7.87. The van der Waals surface area contributed by atoms with Crippen molar-refractivity contribution in [1.82, 2.24) is 9.88 Å². The van der Waals surface area contributed by atoms with Crippen molar-refractivity contribution >= 4 is 15.8 Å². The van der Waals surface area contributed by atoms with E-state index >= 15 is 0 Å². The number of aromatic nitrogens is 1. The Morgan fingerprint density at radius 3 is 2.15 bits per heavy atom. The van der Waals surface area contributed by atoms with Crippen molar-refractivity contribution in [2.24, 2.45) is 0 Å². The van der Waals surface area contributed by atoms with Crippen LogP contribution in [-0.2, 0) is 16.7 Å². The van der Waals surface area contributed by atoms with E-state index in [4.69, 9.17) is 13.7 Å². The van der Waals surface area contributed by atoms with E-state index in [1.165, 1.54) is 5.56 Å². The van der Waals surface area contributed by atoms with Crippen molar-refractivity contribution in [3.8, 4) is 28.4 Å². The number of rotatable bonds is 9. The van der Waals surface area contributed by atoms with E-state index in [0.29, 0.717) is 0 Å². The minimum atomic E-state index is -3.95. The van der Waals surface area contributed by atoms with Crippen LogP contribution >= 0.6 is 0 Å². The van der Waals surface area contributed by atoms with Crippen LogP contribution in [0.3, 0.4) is 0 Å². The second kappa shape index (κ2) is 11.8. The zero-order valence-electron chi connectivity index (χ0n) is 22.0. The summed E-state index contributed by atoms with van der Waals surface area (Å²) in [6.45, 7) is 4.40. The van der Waals surface area contributed by atoms with Crippen LogP contribution in [0.4, 0.5) is 5.69 Å². The van der Waals surface area contributed by atoms with Crippen LogP contribution in [0.1, 0.15) is 5.56 Å². The minimum Gasteiger partial charge on any atom is -0.493 e. The molecule has 0 unspecified atom stereocenters. The Morgan fingerprint density at radius 2 is 1.51 bits per heavy atom. The first-order valence-electron chi connectivity index (χ1n) is 12.7. The third-order valence-corrected chi connectivity index (χ3v) is 8.03. The highest BCUT2D eigenvalue weighted by Gasteiger charge is 2.20. The standard InChI is InChI=1S/C30H31N3O5S/c1-36-29-14-5-23(20-30(29)37-2)22-32-16-18-33(19-17-32)26-8-10-27(11-9-26)38-39(34,35)28-12-6-24(7-13-28)25-4-3-15-31-21-25/h3-15,20-21H,16-19,22H2,1-2H3. The molecule has 39 heavy (non-hydrogen) atoms. The lowest BCUT2D eigenvalue weighted by Gasteiger charge is -2.36. The van der Waals surface area contributed by atoms with Gasteiger partial charge < -0.3 is 18.6 Å². The van der Waals surface area contributed by atoms with Crippen LogP contribution in [0.2, 0.25) is 0 Å². The number of benzene rings is 3. The lowest BCUT2D eigenvalue weighted by atomic mass is 10.1. The van der Waals surface area contributed by atoms with Crippen LogP contribution in [-0.4, -0.2) is 58.7 Å². The molecule has 0 N–H and O–H groups in total. The molecule has 4 aromatic rings. The molecule has 202 valence electrons. The maximum absolute atomic E-state index is 12.8. The Labute approximate surface area is 229 Å². The quantitative estimate of drug-likeness (QED) is 0.276. The summed E-state index contributed by atoms with van der Waals surface area (Å²) in [5.74, 6) is 1.74. The summed E-state index contributed by atoms with van der Waals surface area (Å²) >= 11 is 0. The second-order valence-electron chi connectivity index (χ2n) is 9.25. The molecule has 1 aliphatic rings. The monoisotopic (exact) mass is 545 g/mol. The maximum atomic E-state index is 12.8. The summed E-state index contributed by atoms with van der Waals surface area (Å²) < 4.78 is 41.8. The van der Waals surface area contributed by atoms with E-state index in [1.54, 1.807) is 63.0 Å². The Bertz CT molecular complexity index is 1490. The van der Waals surface area contributed by atoms with Crippen molar-refractivity contribution in [1.29, 1.82) is 0 Å². The average Bonchev–Trinajstić information content (AvgIpc) is 2.98. The first-order valence-corrected chi connectivity index (χ1v) is 14.1. The van der Waals surface area contributed by atoms with Crippen molar-refractivity contribution in [2.75, 3.05) is 45.3 Å². The number of hydrogen-bond donors (Lipinski definition) is 0.